The van der Waals surface area contributed by atoms with Crippen LogP contribution in [0.4, 0.5) is 4.39 Å². The second kappa shape index (κ2) is 11.3. The molecule has 2 amide bonds. The first-order chi connectivity index (χ1) is 17.5. The van der Waals surface area contributed by atoms with E-state index in [1.54, 1.807) is 11.0 Å². The molecule has 7 heteroatoms. The van der Waals surface area contributed by atoms with Crippen LogP contribution in [0.15, 0.2) is 48.5 Å². The molecule has 3 aliphatic rings. The maximum absolute atomic E-state index is 14.3. The van der Waals surface area contributed by atoms with Crippen LogP contribution in [0.25, 0.3) is 0 Å². The van der Waals surface area contributed by atoms with Crippen molar-refractivity contribution in [3.63, 3.8) is 0 Å². The zero-order valence-electron chi connectivity index (χ0n) is 20.7. The maximum Gasteiger partial charge on any atom is 0.258 e. The second-order valence-corrected chi connectivity index (χ2v) is 11.1. The third-order valence-electron chi connectivity index (χ3n) is 8.25. The Kier molecular flexibility index (Phi) is 7.92. The molecule has 5 rings (SSSR count). The van der Waals surface area contributed by atoms with Gasteiger partial charge in [-0.15, -0.1) is 0 Å². The van der Waals surface area contributed by atoms with Crippen LogP contribution in [0.2, 0.25) is 5.02 Å². The van der Waals surface area contributed by atoms with E-state index in [0.717, 1.165) is 57.3 Å². The van der Waals surface area contributed by atoms with E-state index in [0.29, 0.717) is 24.9 Å². The highest BCUT2D eigenvalue weighted by Gasteiger charge is 2.42. The summed E-state index contributed by atoms with van der Waals surface area (Å²) in [7, 11) is 0. The number of hydrogen-bond donors (Lipinski definition) is 1. The molecular weight excluding hydrogens is 477 g/mol. The van der Waals surface area contributed by atoms with Crippen molar-refractivity contribution >= 4 is 23.4 Å². The molecule has 5 nitrogen and oxygen atoms in total. The average molecular weight is 512 g/mol. The van der Waals surface area contributed by atoms with Crippen LogP contribution < -0.4 is 5.32 Å². The van der Waals surface area contributed by atoms with Crippen LogP contribution in [-0.4, -0.2) is 54.3 Å². The first-order valence-corrected chi connectivity index (χ1v) is 13.7. The van der Waals surface area contributed by atoms with Crippen LogP contribution in [-0.2, 0) is 4.79 Å². The van der Waals surface area contributed by atoms with Gasteiger partial charge in [-0.3, -0.25) is 9.59 Å². The molecule has 2 aliphatic heterocycles. The van der Waals surface area contributed by atoms with Gasteiger partial charge in [0, 0.05) is 38.6 Å². The van der Waals surface area contributed by atoms with Crippen molar-refractivity contribution in [1.82, 2.24) is 15.1 Å². The SMILES string of the molecule is O=C(N[C@@H](CCN1CC2CN(C(=O)c3c(F)cccc3Cl)CC2C1)c1ccccc1)C1CCCCC1. The number of nitrogens with zero attached hydrogens (tertiary/aromatic N) is 2. The highest BCUT2D eigenvalue weighted by Crippen LogP contribution is 2.34. The van der Waals surface area contributed by atoms with Gasteiger partial charge in [-0.2, -0.15) is 0 Å². The first-order valence-electron chi connectivity index (χ1n) is 13.3. The molecule has 2 saturated heterocycles. The number of rotatable bonds is 7. The lowest BCUT2D eigenvalue weighted by Gasteiger charge is -2.27. The van der Waals surface area contributed by atoms with Gasteiger partial charge in [0.25, 0.3) is 5.91 Å². The van der Waals surface area contributed by atoms with Crippen LogP contribution in [0.1, 0.15) is 60.5 Å². The summed E-state index contributed by atoms with van der Waals surface area (Å²) in [5.41, 5.74) is 1.13. The van der Waals surface area contributed by atoms with E-state index < -0.39 is 5.82 Å². The fourth-order valence-corrected chi connectivity index (χ4v) is 6.52. The van der Waals surface area contributed by atoms with Gasteiger partial charge < -0.3 is 15.1 Å². The molecule has 2 aromatic rings. The van der Waals surface area contributed by atoms with Crippen molar-refractivity contribution in [2.24, 2.45) is 17.8 Å². The summed E-state index contributed by atoms with van der Waals surface area (Å²) in [5.74, 6) is 0.227. The van der Waals surface area contributed by atoms with Crippen LogP contribution >= 0.6 is 11.6 Å². The second-order valence-electron chi connectivity index (χ2n) is 10.7. The number of halogens is 2. The Morgan fingerprint density at radius 3 is 2.31 bits per heavy atom. The molecular formula is C29H35ClFN3O2. The number of amides is 2. The van der Waals surface area contributed by atoms with E-state index >= 15 is 0 Å². The van der Waals surface area contributed by atoms with Gasteiger partial charge in [-0.05, 0) is 48.8 Å². The molecule has 2 heterocycles. The highest BCUT2D eigenvalue weighted by molar-refractivity contribution is 6.33. The van der Waals surface area contributed by atoms with E-state index in [2.05, 4.69) is 22.3 Å². The van der Waals surface area contributed by atoms with E-state index in [-0.39, 0.29) is 34.4 Å². The fraction of sp³-hybridized carbons (Fsp3) is 0.517. The highest BCUT2D eigenvalue weighted by atomic mass is 35.5. The number of carbonyl (C=O) groups excluding carboxylic acids is 2. The van der Waals surface area contributed by atoms with Crippen molar-refractivity contribution < 1.29 is 14.0 Å². The van der Waals surface area contributed by atoms with E-state index in [9.17, 15) is 14.0 Å². The Bertz CT molecular complexity index is 1040. The summed E-state index contributed by atoms with van der Waals surface area (Å²) in [5, 5.41) is 3.53. The number of hydrogen-bond acceptors (Lipinski definition) is 3. The Morgan fingerprint density at radius 1 is 0.944 bits per heavy atom. The lowest BCUT2D eigenvalue weighted by molar-refractivity contribution is -0.126. The zero-order chi connectivity index (χ0) is 25.1. The number of fused-ring (bicyclic) bond motifs is 1. The topological polar surface area (TPSA) is 52.7 Å². The normalized spacial score (nSPS) is 23.4. The maximum atomic E-state index is 14.3. The molecule has 3 atom stereocenters. The summed E-state index contributed by atoms with van der Waals surface area (Å²) in [6.07, 6.45) is 6.38. The van der Waals surface area contributed by atoms with Crippen LogP contribution in [0.3, 0.4) is 0 Å². The number of carbonyl (C=O) groups is 2. The minimum atomic E-state index is -0.562. The lowest BCUT2D eigenvalue weighted by Crippen LogP contribution is -2.37. The smallest absolute Gasteiger partial charge is 0.258 e. The van der Waals surface area contributed by atoms with Crippen molar-refractivity contribution in [3.05, 3.63) is 70.5 Å². The summed E-state index contributed by atoms with van der Waals surface area (Å²) in [6, 6.07) is 14.6. The first kappa shape index (κ1) is 25.2. The van der Waals surface area contributed by atoms with E-state index in [1.165, 1.54) is 18.6 Å². The van der Waals surface area contributed by atoms with Crippen molar-refractivity contribution in [2.75, 3.05) is 32.7 Å². The predicted octanol–water partition coefficient (Wildman–Crippen LogP) is 5.31. The fourth-order valence-electron chi connectivity index (χ4n) is 6.27. The summed E-state index contributed by atoms with van der Waals surface area (Å²) in [4.78, 5) is 30.2. The lowest BCUT2D eigenvalue weighted by atomic mass is 9.88. The van der Waals surface area contributed by atoms with Gasteiger partial charge in [-0.25, -0.2) is 4.39 Å². The monoisotopic (exact) mass is 511 g/mol. The van der Waals surface area contributed by atoms with Crippen molar-refractivity contribution in [3.8, 4) is 0 Å². The largest absolute Gasteiger partial charge is 0.349 e. The molecule has 1 N–H and O–H groups in total. The van der Waals surface area contributed by atoms with Gasteiger partial charge in [-0.1, -0.05) is 67.3 Å². The Hall–Kier alpha value is -2.44. The molecule has 2 unspecified atom stereocenters. The third-order valence-corrected chi connectivity index (χ3v) is 8.57. The summed E-state index contributed by atoms with van der Waals surface area (Å²) in [6.45, 7) is 3.98. The zero-order valence-corrected chi connectivity index (χ0v) is 21.4. The van der Waals surface area contributed by atoms with Crippen LogP contribution in [0, 0.1) is 23.6 Å². The van der Waals surface area contributed by atoms with Crippen molar-refractivity contribution in [2.45, 2.75) is 44.6 Å². The minimum Gasteiger partial charge on any atom is -0.349 e. The Balaban J connectivity index is 1.16. The van der Waals surface area contributed by atoms with Gasteiger partial charge in [0.1, 0.15) is 5.82 Å². The average Bonchev–Trinajstić information content (AvgIpc) is 3.46. The molecule has 0 spiro atoms. The predicted molar refractivity (Wildman–Crippen MR) is 139 cm³/mol. The van der Waals surface area contributed by atoms with Gasteiger partial charge >= 0.3 is 0 Å². The van der Waals surface area contributed by atoms with E-state index in [4.69, 9.17) is 11.6 Å². The molecule has 2 aromatic carbocycles. The number of benzene rings is 2. The molecule has 0 aromatic heterocycles. The minimum absolute atomic E-state index is 0.00217. The standard InChI is InChI=1S/C29H35ClFN3O2/c30-24-12-7-13-25(31)27(24)29(36)34-18-22-16-33(17-23(22)19-34)15-14-26(20-8-3-1-4-9-20)32-28(35)21-10-5-2-6-11-21/h1,3-4,7-9,12-13,21-23,26H,2,5-6,10-11,14-19H2,(H,32,35)/t22?,23?,26-/m0/s1. The molecule has 1 saturated carbocycles. The quantitative estimate of drug-likeness (QED) is 0.548. The van der Waals surface area contributed by atoms with Crippen molar-refractivity contribution in [1.29, 1.82) is 0 Å². The van der Waals surface area contributed by atoms with Crippen LogP contribution in [0.5, 0.6) is 0 Å². The Morgan fingerprint density at radius 2 is 1.64 bits per heavy atom. The van der Waals surface area contributed by atoms with E-state index in [1.807, 2.05) is 18.2 Å². The molecule has 3 fully saturated rings. The summed E-state index contributed by atoms with van der Waals surface area (Å²) >= 11 is 6.13. The molecule has 0 bridgehead atoms. The molecule has 1 aliphatic carbocycles. The van der Waals surface area contributed by atoms with Gasteiger partial charge in [0.15, 0.2) is 0 Å². The number of likely N-dealkylation sites (tertiary alicyclic amines) is 2. The molecule has 36 heavy (non-hydrogen) atoms. The summed E-state index contributed by atoms with van der Waals surface area (Å²) < 4.78 is 14.3. The Labute approximate surface area is 218 Å². The van der Waals surface area contributed by atoms with Gasteiger partial charge in [0.05, 0.1) is 16.6 Å². The third kappa shape index (κ3) is 5.60. The molecule has 0 radical (unpaired) electrons. The molecule has 192 valence electrons. The number of nitrogens with one attached hydrogen (secondary N) is 1. The van der Waals surface area contributed by atoms with Gasteiger partial charge in [0.2, 0.25) is 5.91 Å².